The van der Waals surface area contributed by atoms with Crippen molar-refractivity contribution >= 4 is 44.9 Å². The Kier molecular flexibility index (Phi) is 5.51. The number of thiophene rings is 1. The first-order chi connectivity index (χ1) is 14.0. The van der Waals surface area contributed by atoms with Gasteiger partial charge in [0.05, 0.1) is 16.3 Å². The van der Waals surface area contributed by atoms with Crippen LogP contribution in [0.4, 0.5) is 5.69 Å². The minimum absolute atomic E-state index is 0.129. The number of hydrogen-bond acceptors (Lipinski definition) is 5. The van der Waals surface area contributed by atoms with E-state index < -0.39 is 5.25 Å². The fourth-order valence-electron chi connectivity index (χ4n) is 2.87. The van der Waals surface area contributed by atoms with Crippen LogP contribution in [0.2, 0.25) is 0 Å². The Morgan fingerprint density at radius 1 is 1.10 bits per heavy atom. The van der Waals surface area contributed by atoms with Crippen molar-refractivity contribution in [2.24, 2.45) is 0 Å². The number of amides is 1. The van der Waals surface area contributed by atoms with Crippen LogP contribution in [0.3, 0.4) is 0 Å². The van der Waals surface area contributed by atoms with Gasteiger partial charge in [0.1, 0.15) is 4.83 Å². The first kappa shape index (κ1) is 19.4. The number of rotatable bonds is 5. The van der Waals surface area contributed by atoms with Gasteiger partial charge in [0.15, 0.2) is 5.16 Å². The zero-order valence-electron chi connectivity index (χ0n) is 16.0. The molecule has 4 rings (SSSR count). The van der Waals surface area contributed by atoms with E-state index in [2.05, 4.69) is 10.3 Å². The Morgan fingerprint density at radius 3 is 2.55 bits per heavy atom. The number of fused-ring (bicyclic) bond motifs is 1. The highest BCUT2D eigenvalue weighted by molar-refractivity contribution is 8.00. The summed E-state index contributed by atoms with van der Waals surface area (Å²) in [5, 5.41) is 5.43. The van der Waals surface area contributed by atoms with Gasteiger partial charge in [-0.15, -0.1) is 11.3 Å². The van der Waals surface area contributed by atoms with E-state index in [1.807, 2.05) is 73.8 Å². The van der Waals surface area contributed by atoms with E-state index in [4.69, 9.17) is 0 Å². The Bertz CT molecular complexity index is 1210. The topological polar surface area (TPSA) is 64.0 Å². The molecule has 2 aromatic heterocycles. The molecule has 0 aliphatic carbocycles. The summed E-state index contributed by atoms with van der Waals surface area (Å²) in [6.45, 7) is 3.81. The van der Waals surface area contributed by atoms with Gasteiger partial charge in [-0.1, -0.05) is 47.7 Å². The van der Waals surface area contributed by atoms with E-state index >= 15 is 0 Å². The molecule has 5 nitrogen and oxygen atoms in total. The van der Waals surface area contributed by atoms with Crippen LogP contribution in [0, 0.1) is 6.92 Å². The van der Waals surface area contributed by atoms with Gasteiger partial charge in [0, 0.05) is 5.69 Å². The highest BCUT2D eigenvalue weighted by Gasteiger charge is 2.20. The number of para-hydroxylation sites is 1. The Morgan fingerprint density at radius 2 is 1.83 bits per heavy atom. The third kappa shape index (κ3) is 4.11. The van der Waals surface area contributed by atoms with E-state index in [-0.39, 0.29) is 11.5 Å². The number of nitrogens with one attached hydrogen (secondary N) is 1. The molecule has 0 saturated carbocycles. The number of aryl methyl sites for hydroxylation is 1. The van der Waals surface area contributed by atoms with Gasteiger partial charge in [-0.3, -0.25) is 14.2 Å². The van der Waals surface area contributed by atoms with Crippen LogP contribution in [-0.2, 0) is 4.79 Å². The molecule has 0 bridgehead atoms. The molecule has 0 spiro atoms. The zero-order chi connectivity index (χ0) is 20.4. The molecule has 7 heteroatoms. The predicted molar refractivity (Wildman–Crippen MR) is 120 cm³/mol. The number of thioether (sulfide) groups is 1. The standard InChI is InChI=1S/C22H19N3O2S2/c1-14-8-10-16(11-9-14)23-19(26)15(2)29-22-24-20-18(12-13-28-20)21(27)25(22)17-6-4-3-5-7-17/h3-13,15H,1-2H3,(H,23,26). The molecule has 1 atom stereocenters. The Labute approximate surface area is 176 Å². The molecule has 4 aromatic rings. The summed E-state index contributed by atoms with van der Waals surface area (Å²) in [4.78, 5) is 31.2. The van der Waals surface area contributed by atoms with Crippen molar-refractivity contribution in [3.8, 4) is 5.69 Å². The summed E-state index contributed by atoms with van der Waals surface area (Å²) in [6.07, 6.45) is 0. The lowest BCUT2D eigenvalue weighted by atomic mass is 10.2. The zero-order valence-corrected chi connectivity index (χ0v) is 17.6. The molecule has 1 N–H and O–H groups in total. The summed E-state index contributed by atoms with van der Waals surface area (Å²) in [7, 11) is 0. The van der Waals surface area contributed by atoms with E-state index in [0.717, 1.165) is 16.9 Å². The fourth-order valence-corrected chi connectivity index (χ4v) is 4.60. The number of hydrogen-bond donors (Lipinski definition) is 1. The molecule has 0 fully saturated rings. The molecule has 0 radical (unpaired) electrons. The van der Waals surface area contributed by atoms with Crippen molar-refractivity contribution in [3.63, 3.8) is 0 Å². The monoisotopic (exact) mass is 421 g/mol. The van der Waals surface area contributed by atoms with E-state index in [0.29, 0.717) is 15.4 Å². The summed E-state index contributed by atoms with van der Waals surface area (Å²) in [5.41, 5.74) is 2.48. The van der Waals surface area contributed by atoms with Crippen molar-refractivity contribution in [2.75, 3.05) is 5.32 Å². The number of nitrogens with zero attached hydrogens (tertiary/aromatic N) is 2. The number of benzene rings is 2. The predicted octanol–water partition coefficient (Wildman–Crippen LogP) is 4.87. The largest absolute Gasteiger partial charge is 0.325 e. The molecule has 0 aliphatic rings. The van der Waals surface area contributed by atoms with Crippen LogP contribution >= 0.6 is 23.1 Å². The van der Waals surface area contributed by atoms with Gasteiger partial charge in [-0.05, 0) is 49.6 Å². The Hall–Kier alpha value is -2.90. The van der Waals surface area contributed by atoms with E-state index in [1.165, 1.54) is 23.1 Å². The van der Waals surface area contributed by atoms with Gasteiger partial charge in [0.2, 0.25) is 5.91 Å². The maximum Gasteiger partial charge on any atom is 0.267 e. The first-order valence-corrected chi connectivity index (χ1v) is 10.9. The molecule has 1 amide bonds. The summed E-state index contributed by atoms with van der Waals surface area (Å²) < 4.78 is 1.58. The van der Waals surface area contributed by atoms with Crippen molar-refractivity contribution in [1.82, 2.24) is 9.55 Å². The lowest BCUT2D eigenvalue weighted by Crippen LogP contribution is -2.26. The second kappa shape index (κ2) is 8.23. The lowest BCUT2D eigenvalue weighted by Gasteiger charge is -2.16. The van der Waals surface area contributed by atoms with Gasteiger partial charge in [0.25, 0.3) is 5.56 Å². The molecule has 146 valence electrons. The molecular weight excluding hydrogens is 402 g/mol. The Balaban J connectivity index is 1.67. The van der Waals surface area contributed by atoms with Crippen molar-refractivity contribution < 1.29 is 4.79 Å². The fraction of sp³-hybridized carbons (Fsp3) is 0.136. The van der Waals surface area contributed by atoms with Crippen LogP contribution in [0.25, 0.3) is 15.9 Å². The average molecular weight is 422 g/mol. The van der Waals surface area contributed by atoms with Crippen LogP contribution in [0.15, 0.2) is 76.0 Å². The minimum atomic E-state index is -0.435. The highest BCUT2D eigenvalue weighted by atomic mass is 32.2. The second-order valence-corrected chi connectivity index (χ2v) is 8.83. The van der Waals surface area contributed by atoms with Crippen molar-refractivity contribution in [3.05, 3.63) is 82.0 Å². The maximum absolute atomic E-state index is 13.1. The SMILES string of the molecule is Cc1ccc(NC(=O)C(C)Sc2nc3sccc3c(=O)n2-c2ccccc2)cc1. The van der Waals surface area contributed by atoms with Crippen molar-refractivity contribution in [1.29, 1.82) is 0 Å². The van der Waals surface area contributed by atoms with Gasteiger partial charge in [-0.2, -0.15) is 0 Å². The maximum atomic E-state index is 13.1. The molecule has 29 heavy (non-hydrogen) atoms. The molecule has 0 saturated heterocycles. The normalized spacial score (nSPS) is 12.1. The molecular formula is C22H19N3O2S2. The number of anilines is 1. The lowest BCUT2D eigenvalue weighted by molar-refractivity contribution is -0.115. The smallest absolute Gasteiger partial charge is 0.267 e. The van der Waals surface area contributed by atoms with Gasteiger partial charge in [-0.25, -0.2) is 4.98 Å². The number of carbonyl (C=O) groups excluding carboxylic acids is 1. The van der Waals surface area contributed by atoms with Gasteiger partial charge < -0.3 is 5.32 Å². The highest BCUT2D eigenvalue weighted by Crippen LogP contribution is 2.27. The average Bonchev–Trinajstić information content (AvgIpc) is 3.19. The quantitative estimate of drug-likeness (QED) is 0.369. The van der Waals surface area contributed by atoms with Crippen LogP contribution in [-0.4, -0.2) is 20.7 Å². The summed E-state index contributed by atoms with van der Waals surface area (Å²) >= 11 is 2.70. The first-order valence-electron chi connectivity index (χ1n) is 9.13. The molecule has 2 aromatic carbocycles. The number of carbonyl (C=O) groups is 1. The number of aromatic nitrogens is 2. The van der Waals surface area contributed by atoms with Crippen LogP contribution < -0.4 is 10.9 Å². The van der Waals surface area contributed by atoms with E-state index in [1.54, 1.807) is 10.6 Å². The van der Waals surface area contributed by atoms with Crippen LogP contribution in [0.5, 0.6) is 0 Å². The second-order valence-electron chi connectivity index (χ2n) is 6.63. The summed E-state index contributed by atoms with van der Waals surface area (Å²) in [6, 6.07) is 18.8. The summed E-state index contributed by atoms with van der Waals surface area (Å²) in [5.74, 6) is -0.140. The molecule has 2 heterocycles. The minimum Gasteiger partial charge on any atom is -0.325 e. The van der Waals surface area contributed by atoms with E-state index in [9.17, 15) is 9.59 Å². The third-order valence-electron chi connectivity index (χ3n) is 4.45. The van der Waals surface area contributed by atoms with Crippen LogP contribution in [0.1, 0.15) is 12.5 Å². The molecule has 1 unspecified atom stereocenters. The van der Waals surface area contributed by atoms with Gasteiger partial charge >= 0.3 is 0 Å². The van der Waals surface area contributed by atoms with Crippen molar-refractivity contribution in [2.45, 2.75) is 24.3 Å². The molecule has 0 aliphatic heterocycles. The third-order valence-corrected chi connectivity index (χ3v) is 6.31.